The third kappa shape index (κ3) is 3.10. The number of nitrogens with zero attached hydrogens (tertiary/aromatic N) is 2. The van der Waals surface area contributed by atoms with Gasteiger partial charge in [-0.2, -0.15) is 0 Å². The quantitative estimate of drug-likeness (QED) is 0.860. The molecule has 2 aromatic rings. The number of rotatable bonds is 6. The fourth-order valence-corrected chi connectivity index (χ4v) is 2.99. The molecule has 1 aliphatic heterocycles. The molecule has 1 aliphatic carbocycles. The Kier molecular flexibility index (Phi) is 3.79. The lowest BCUT2D eigenvalue weighted by Gasteiger charge is -2.23. The average molecular weight is 312 g/mol. The van der Waals surface area contributed by atoms with Crippen LogP contribution >= 0.6 is 0 Å². The number of benzene rings is 1. The summed E-state index contributed by atoms with van der Waals surface area (Å²) in [4.78, 5) is 0. The van der Waals surface area contributed by atoms with Crippen molar-refractivity contribution in [2.45, 2.75) is 25.3 Å². The fraction of sp³-hybridized carbons (Fsp3) is 0.333. The van der Waals surface area contributed by atoms with Gasteiger partial charge < -0.3 is 5.32 Å². The predicted molar refractivity (Wildman–Crippen MR) is 89.9 cm³/mol. The van der Waals surface area contributed by atoms with Crippen molar-refractivity contribution in [1.82, 2.24) is 15.4 Å². The van der Waals surface area contributed by atoms with Crippen LogP contribution in [0.3, 0.4) is 0 Å². The summed E-state index contributed by atoms with van der Waals surface area (Å²) in [5.41, 5.74) is 6.31. The van der Waals surface area contributed by atoms with Gasteiger partial charge in [0.1, 0.15) is 5.82 Å². The van der Waals surface area contributed by atoms with Gasteiger partial charge in [-0.3, -0.25) is 5.43 Å². The molecule has 0 atom stereocenters. The fourth-order valence-electron chi connectivity index (χ4n) is 2.99. The van der Waals surface area contributed by atoms with Crippen molar-refractivity contribution in [3.05, 3.63) is 60.2 Å². The minimum absolute atomic E-state index is 0.195. The van der Waals surface area contributed by atoms with Gasteiger partial charge >= 0.3 is 0 Å². The summed E-state index contributed by atoms with van der Waals surface area (Å²) in [5, 5.41) is 5.52. The largest absolute Gasteiger partial charge is 0.314 e. The molecule has 5 heteroatoms. The Bertz CT molecular complexity index is 710. The van der Waals surface area contributed by atoms with Crippen LogP contribution in [0.4, 0.5) is 4.39 Å². The van der Waals surface area contributed by atoms with Gasteiger partial charge in [0.15, 0.2) is 0 Å². The normalized spacial score (nSPS) is 16.8. The lowest BCUT2D eigenvalue weighted by Crippen LogP contribution is -2.40. The molecule has 0 bridgehead atoms. The van der Waals surface area contributed by atoms with E-state index in [1.54, 1.807) is 12.1 Å². The molecule has 0 amide bonds. The molecule has 0 spiro atoms. The van der Waals surface area contributed by atoms with Gasteiger partial charge in [-0.1, -0.05) is 6.07 Å². The van der Waals surface area contributed by atoms with Crippen LogP contribution in [0.25, 0.3) is 11.3 Å². The van der Waals surface area contributed by atoms with Crippen molar-refractivity contribution >= 4 is 0 Å². The van der Waals surface area contributed by atoms with Crippen LogP contribution in [-0.2, 0) is 6.42 Å². The number of aromatic nitrogens is 1. The van der Waals surface area contributed by atoms with E-state index in [9.17, 15) is 4.39 Å². The van der Waals surface area contributed by atoms with E-state index in [2.05, 4.69) is 16.8 Å². The number of hydrogen-bond donors (Lipinski definition) is 2. The Morgan fingerprint density at radius 3 is 2.96 bits per heavy atom. The topological polar surface area (TPSA) is 32.2 Å². The molecule has 0 unspecified atom stereocenters. The minimum Gasteiger partial charge on any atom is -0.314 e. The highest BCUT2D eigenvalue weighted by atomic mass is 19.1. The van der Waals surface area contributed by atoms with E-state index in [4.69, 9.17) is 0 Å². The van der Waals surface area contributed by atoms with Gasteiger partial charge in [0, 0.05) is 24.0 Å². The highest BCUT2D eigenvalue weighted by Crippen LogP contribution is 2.27. The summed E-state index contributed by atoms with van der Waals surface area (Å²) in [7, 11) is 0. The molecule has 1 saturated carbocycles. The number of hydrogen-bond acceptors (Lipinski definition) is 3. The Balaban J connectivity index is 1.61. The highest BCUT2D eigenvalue weighted by Gasteiger charge is 2.20. The van der Waals surface area contributed by atoms with Gasteiger partial charge in [-0.05, 0) is 61.7 Å². The van der Waals surface area contributed by atoms with Crippen molar-refractivity contribution in [1.29, 1.82) is 0 Å². The van der Waals surface area contributed by atoms with E-state index >= 15 is 0 Å². The van der Waals surface area contributed by atoms with E-state index in [0.717, 1.165) is 30.8 Å². The number of halogens is 1. The van der Waals surface area contributed by atoms with Gasteiger partial charge in [0.2, 0.25) is 0 Å². The second-order valence-electron chi connectivity index (χ2n) is 6.13. The highest BCUT2D eigenvalue weighted by molar-refractivity contribution is 5.65. The van der Waals surface area contributed by atoms with Crippen LogP contribution in [0.15, 0.2) is 48.8 Å². The third-order valence-corrected chi connectivity index (χ3v) is 4.36. The first-order valence-electron chi connectivity index (χ1n) is 8.20. The molecule has 1 aromatic heterocycles. The number of hydrazine groups is 1. The Hall–Kier alpha value is -2.27. The number of nitrogens with one attached hydrogen (secondary N) is 2. The first-order valence-corrected chi connectivity index (χ1v) is 8.20. The SMILES string of the molecule is Fc1ccc(CCNC2CC2)c(-c2cccn2N2CC=CN2)c1. The van der Waals surface area contributed by atoms with Crippen LogP contribution in [0.2, 0.25) is 0 Å². The lowest BCUT2D eigenvalue weighted by molar-refractivity contribution is 0.599. The molecule has 2 heterocycles. The molecule has 2 aliphatic rings. The summed E-state index contributed by atoms with van der Waals surface area (Å²) < 4.78 is 15.9. The Morgan fingerprint density at radius 2 is 2.17 bits per heavy atom. The summed E-state index contributed by atoms with van der Waals surface area (Å²) in [6, 6.07) is 9.83. The molecular weight excluding hydrogens is 291 g/mol. The summed E-state index contributed by atoms with van der Waals surface area (Å²) >= 11 is 0. The average Bonchev–Trinajstić information content (AvgIpc) is 3.04. The molecule has 1 aromatic carbocycles. The van der Waals surface area contributed by atoms with Gasteiger partial charge in [0.05, 0.1) is 12.2 Å². The molecule has 0 saturated heterocycles. The maximum atomic E-state index is 13.8. The minimum atomic E-state index is -0.195. The first kappa shape index (κ1) is 14.3. The van der Waals surface area contributed by atoms with Crippen molar-refractivity contribution < 1.29 is 4.39 Å². The van der Waals surface area contributed by atoms with Gasteiger partial charge in [0.25, 0.3) is 0 Å². The molecule has 0 radical (unpaired) electrons. The second kappa shape index (κ2) is 6.08. The predicted octanol–water partition coefficient (Wildman–Crippen LogP) is 2.56. The van der Waals surface area contributed by atoms with Crippen molar-refractivity contribution in [2.24, 2.45) is 0 Å². The smallest absolute Gasteiger partial charge is 0.123 e. The monoisotopic (exact) mass is 312 g/mol. The third-order valence-electron chi connectivity index (χ3n) is 4.36. The molecular formula is C18H21FN4. The van der Waals surface area contributed by atoms with E-state index in [0.29, 0.717) is 6.04 Å². The van der Waals surface area contributed by atoms with E-state index in [-0.39, 0.29) is 5.82 Å². The first-order chi connectivity index (χ1) is 11.3. The van der Waals surface area contributed by atoms with E-state index < -0.39 is 0 Å². The molecule has 23 heavy (non-hydrogen) atoms. The summed E-state index contributed by atoms with van der Waals surface area (Å²) in [5.74, 6) is -0.195. The van der Waals surface area contributed by atoms with Gasteiger partial charge in [-0.25, -0.2) is 14.2 Å². The standard InChI is InChI=1S/C18H21FN4/c19-15-5-4-14(8-10-20-16-6-7-16)17(13-15)18-3-1-11-22(18)23-12-2-9-21-23/h1-5,9,11,13,16,20-21H,6-8,10,12H2. The van der Waals surface area contributed by atoms with Crippen LogP contribution in [0, 0.1) is 5.82 Å². The molecule has 120 valence electrons. The van der Waals surface area contributed by atoms with Gasteiger partial charge in [-0.15, -0.1) is 0 Å². The zero-order chi connectivity index (χ0) is 15.6. The molecule has 4 rings (SSSR count). The zero-order valence-corrected chi connectivity index (χ0v) is 13.0. The maximum absolute atomic E-state index is 13.8. The summed E-state index contributed by atoms with van der Waals surface area (Å²) in [6.07, 6.45) is 9.43. The van der Waals surface area contributed by atoms with E-state index in [1.165, 1.54) is 18.4 Å². The van der Waals surface area contributed by atoms with Crippen molar-refractivity contribution in [3.8, 4) is 11.3 Å². The summed E-state index contributed by atoms with van der Waals surface area (Å²) in [6.45, 7) is 1.73. The van der Waals surface area contributed by atoms with Crippen LogP contribution < -0.4 is 15.9 Å². The van der Waals surface area contributed by atoms with Crippen molar-refractivity contribution in [2.75, 3.05) is 18.2 Å². The molecule has 4 nitrogen and oxygen atoms in total. The molecule has 1 fully saturated rings. The Labute approximate surface area is 135 Å². The van der Waals surface area contributed by atoms with Crippen LogP contribution in [-0.4, -0.2) is 23.8 Å². The lowest BCUT2D eigenvalue weighted by atomic mass is 10.0. The van der Waals surface area contributed by atoms with E-state index in [1.807, 2.05) is 40.4 Å². The molecule has 2 N–H and O–H groups in total. The Morgan fingerprint density at radius 1 is 1.26 bits per heavy atom. The van der Waals surface area contributed by atoms with Crippen molar-refractivity contribution in [3.63, 3.8) is 0 Å². The zero-order valence-electron chi connectivity index (χ0n) is 13.0. The van der Waals surface area contributed by atoms with Crippen LogP contribution in [0.1, 0.15) is 18.4 Å². The second-order valence-corrected chi connectivity index (χ2v) is 6.13. The van der Waals surface area contributed by atoms with Crippen LogP contribution in [0.5, 0.6) is 0 Å². The maximum Gasteiger partial charge on any atom is 0.123 e.